The summed E-state index contributed by atoms with van der Waals surface area (Å²) in [6.07, 6.45) is 9.84. The molecule has 8 heteroatoms. The average molecular weight is 460 g/mol. The number of hydrogen-bond acceptors (Lipinski definition) is 5. The Bertz CT molecular complexity index is 883. The summed E-state index contributed by atoms with van der Waals surface area (Å²) in [6, 6.07) is -1.43. The van der Waals surface area contributed by atoms with E-state index in [1.165, 1.54) is 4.90 Å². The summed E-state index contributed by atoms with van der Waals surface area (Å²) in [5, 5.41) is 10.1. The number of carbonyl (C=O) groups is 3. The Hall–Kier alpha value is -2.19. The zero-order chi connectivity index (χ0) is 24.1. The van der Waals surface area contributed by atoms with Crippen molar-refractivity contribution in [3.8, 4) is 0 Å². The monoisotopic (exact) mass is 459 g/mol. The van der Waals surface area contributed by atoms with Crippen molar-refractivity contribution in [2.75, 3.05) is 26.7 Å². The van der Waals surface area contributed by atoms with Crippen LogP contribution in [0.2, 0.25) is 0 Å². The van der Waals surface area contributed by atoms with Crippen LogP contribution in [0.15, 0.2) is 24.3 Å². The number of ether oxygens (including phenoxy) is 1. The molecule has 1 N–H and O–H groups in total. The minimum atomic E-state index is -1.25. The number of fused-ring (bicyclic) bond motifs is 2. The first-order chi connectivity index (χ1) is 15.7. The van der Waals surface area contributed by atoms with Crippen LogP contribution in [0.1, 0.15) is 47.0 Å². The standard InChI is InChI=1S/C25H37N3O5/c1-6-10-16(3)27-14-9-12-25-19(18-21(30)26(5)13-8-11-24(18,4)33-25)22(31)28(17(7-2)15-29)20(25)23(27)32/h8-9,11-12,16-20,29H,6-7,10,13-15H2,1-5H3/t16?,17-,18-,19-,20?,24+,25-/m0/s1. The fourth-order valence-electron chi connectivity index (χ4n) is 6.38. The molecule has 0 aromatic rings. The van der Waals surface area contributed by atoms with E-state index < -0.39 is 35.1 Å². The van der Waals surface area contributed by atoms with Crippen LogP contribution in [0.3, 0.4) is 0 Å². The summed E-state index contributed by atoms with van der Waals surface area (Å²) in [7, 11) is 1.73. The van der Waals surface area contributed by atoms with Crippen LogP contribution >= 0.6 is 0 Å². The number of likely N-dealkylation sites (tertiary alicyclic amines) is 1. The molecule has 7 atom stereocenters. The number of hydrogen-bond donors (Lipinski definition) is 1. The van der Waals surface area contributed by atoms with Gasteiger partial charge in [0, 0.05) is 26.2 Å². The number of nitrogens with zero attached hydrogens (tertiary/aromatic N) is 3. The quantitative estimate of drug-likeness (QED) is 0.606. The minimum Gasteiger partial charge on any atom is -0.394 e. The second-order valence-corrected chi connectivity index (χ2v) is 10.1. The van der Waals surface area contributed by atoms with Crippen LogP contribution in [-0.4, -0.2) is 93.6 Å². The fourth-order valence-corrected chi connectivity index (χ4v) is 6.38. The zero-order valence-corrected chi connectivity index (χ0v) is 20.4. The first-order valence-corrected chi connectivity index (χ1v) is 12.2. The van der Waals surface area contributed by atoms with Crippen LogP contribution in [0.25, 0.3) is 0 Å². The smallest absolute Gasteiger partial charge is 0.249 e. The summed E-state index contributed by atoms with van der Waals surface area (Å²) in [6.45, 7) is 8.46. The third kappa shape index (κ3) is 3.36. The Morgan fingerprint density at radius 3 is 2.42 bits per heavy atom. The molecule has 2 saturated heterocycles. The number of amides is 3. The molecule has 4 rings (SSSR count). The molecule has 4 aliphatic rings. The van der Waals surface area contributed by atoms with Crippen molar-refractivity contribution >= 4 is 17.7 Å². The molecule has 0 saturated carbocycles. The molecule has 0 bridgehead atoms. The van der Waals surface area contributed by atoms with Crippen molar-refractivity contribution in [1.82, 2.24) is 14.7 Å². The van der Waals surface area contributed by atoms with E-state index in [4.69, 9.17) is 4.74 Å². The molecule has 4 aliphatic heterocycles. The lowest BCUT2D eigenvalue weighted by atomic mass is 9.74. The van der Waals surface area contributed by atoms with E-state index in [1.807, 2.05) is 50.0 Å². The lowest BCUT2D eigenvalue weighted by Gasteiger charge is -2.41. The summed E-state index contributed by atoms with van der Waals surface area (Å²) >= 11 is 0. The van der Waals surface area contributed by atoms with E-state index in [-0.39, 0.29) is 30.4 Å². The van der Waals surface area contributed by atoms with Gasteiger partial charge in [0.25, 0.3) is 0 Å². The molecule has 2 fully saturated rings. The van der Waals surface area contributed by atoms with Gasteiger partial charge in [-0.15, -0.1) is 0 Å². The van der Waals surface area contributed by atoms with Gasteiger partial charge < -0.3 is 24.5 Å². The van der Waals surface area contributed by atoms with Crippen LogP contribution in [-0.2, 0) is 19.1 Å². The van der Waals surface area contributed by atoms with E-state index in [2.05, 4.69) is 6.92 Å². The summed E-state index contributed by atoms with van der Waals surface area (Å²) in [5.74, 6) is -2.18. The van der Waals surface area contributed by atoms with Crippen LogP contribution in [0, 0.1) is 11.8 Å². The molecule has 182 valence electrons. The van der Waals surface area contributed by atoms with Gasteiger partial charge in [-0.2, -0.15) is 0 Å². The first-order valence-electron chi connectivity index (χ1n) is 12.2. The molecule has 33 heavy (non-hydrogen) atoms. The molecular weight excluding hydrogens is 422 g/mol. The molecule has 0 aliphatic carbocycles. The van der Waals surface area contributed by atoms with Crippen molar-refractivity contribution in [3.63, 3.8) is 0 Å². The normalized spacial score (nSPS) is 37.6. The number of carbonyl (C=O) groups excluding carboxylic acids is 3. The zero-order valence-electron chi connectivity index (χ0n) is 20.4. The molecule has 0 aromatic heterocycles. The van der Waals surface area contributed by atoms with Gasteiger partial charge >= 0.3 is 0 Å². The van der Waals surface area contributed by atoms with Gasteiger partial charge in [0.1, 0.15) is 11.6 Å². The maximum Gasteiger partial charge on any atom is 0.249 e. The Morgan fingerprint density at radius 1 is 1.09 bits per heavy atom. The van der Waals surface area contributed by atoms with Gasteiger partial charge in [-0.25, -0.2) is 0 Å². The topological polar surface area (TPSA) is 90.4 Å². The van der Waals surface area contributed by atoms with Crippen molar-refractivity contribution in [1.29, 1.82) is 0 Å². The number of likely N-dealkylation sites (N-methyl/N-ethyl adjacent to an activating group) is 1. The fraction of sp³-hybridized carbons (Fsp3) is 0.720. The van der Waals surface area contributed by atoms with Crippen molar-refractivity contribution < 1.29 is 24.2 Å². The van der Waals surface area contributed by atoms with Gasteiger partial charge in [-0.1, -0.05) is 44.6 Å². The van der Waals surface area contributed by atoms with Crippen LogP contribution in [0.4, 0.5) is 0 Å². The predicted molar refractivity (Wildman–Crippen MR) is 123 cm³/mol. The minimum absolute atomic E-state index is 0.00244. The SMILES string of the molecule is CCCC(C)N1CC=C[C@]23O[C@]4(C)C=CCN(C)C(=O)[C@@H]4[C@H]2C(=O)N([C@@H](CC)CO)C3C1=O. The number of rotatable bonds is 6. The van der Waals surface area contributed by atoms with E-state index in [0.29, 0.717) is 19.5 Å². The molecule has 2 unspecified atom stereocenters. The third-order valence-corrected chi connectivity index (χ3v) is 8.04. The number of aliphatic hydroxyl groups excluding tert-OH is 1. The second-order valence-electron chi connectivity index (χ2n) is 10.1. The highest BCUT2D eigenvalue weighted by molar-refractivity contribution is 6.00. The van der Waals surface area contributed by atoms with Gasteiger partial charge in [0.05, 0.1) is 30.1 Å². The van der Waals surface area contributed by atoms with E-state index in [1.54, 1.807) is 11.9 Å². The Balaban J connectivity index is 1.89. The molecule has 3 amide bonds. The third-order valence-electron chi connectivity index (χ3n) is 8.04. The maximum atomic E-state index is 14.1. The summed E-state index contributed by atoms with van der Waals surface area (Å²) < 4.78 is 6.73. The highest BCUT2D eigenvalue weighted by atomic mass is 16.5. The largest absolute Gasteiger partial charge is 0.394 e. The molecule has 1 spiro atoms. The van der Waals surface area contributed by atoms with Crippen LogP contribution < -0.4 is 0 Å². The van der Waals surface area contributed by atoms with E-state index in [9.17, 15) is 19.5 Å². The average Bonchev–Trinajstić information content (AvgIpc) is 3.05. The summed E-state index contributed by atoms with van der Waals surface area (Å²) in [4.78, 5) is 46.6. The predicted octanol–water partition coefficient (Wildman–Crippen LogP) is 1.34. The van der Waals surface area contributed by atoms with Gasteiger partial charge in [-0.3, -0.25) is 14.4 Å². The van der Waals surface area contributed by atoms with Crippen molar-refractivity contribution in [2.24, 2.45) is 11.8 Å². The highest BCUT2D eigenvalue weighted by Crippen LogP contribution is 2.57. The molecule has 0 aromatic carbocycles. The lowest BCUT2D eigenvalue weighted by molar-refractivity contribution is -0.156. The van der Waals surface area contributed by atoms with Crippen molar-refractivity contribution in [3.05, 3.63) is 24.3 Å². The van der Waals surface area contributed by atoms with E-state index in [0.717, 1.165) is 12.8 Å². The highest BCUT2D eigenvalue weighted by Gasteiger charge is 2.75. The number of aliphatic hydroxyl groups is 1. The molecular formula is C25H37N3O5. The maximum absolute atomic E-state index is 14.1. The second kappa shape index (κ2) is 8.55. The van der Waals surface area contributed by atoms with E-state index >= 15 is 0 Å². The lowest BCUT2D eigenvalue weighted by Crippen LogP contribution is -2.59. The Labute approximate surface area is 196 Å². The Morgan fingerprint density at radius 2 is 1.79 bits per heavy atom. The molecule has 0 radical (unpaired) electrons. The van der Waals surface area contributed by atoms with Crippen molar-refractivity contribution in [2.45, 2.75) is 76.3 Å². The van der Waals surface area contributed by atoms with Gasteiger partial charge in [0.15, 0.2) is 0 Å². The first kappa shape index (κ1) is 24.0. The van der Waals surface area contributed by atoms with Gasteiger partial charge in [0.2, 0.25) is 17.7 Å². The van der Waals surface area contributed by atoms with Gasteiger partial charge in [-0.05, 0) is 26.7 Å². The van der Waals surface area contributed by atoms with Crippen LogP contribution in [0.5, 0.6) is 0 Å². The Kier molecular flexibility index (Phi) is 6.20. The summed E-state index contributed by atoms with van der Waals surface area (Å²) in [5.41, 5.74) is -2.25. The molecule has 4 heterocycles. The molecule has 8 nitrogen and oxygen atoms in total.